The van der Waals surface area contributed by atoms with E-state index in [1.807, 2.05) is 6.92 Å². The molecule has 0 aromatic carbocycles. The van der Waals surface area contributed by atoms with Gasteiger partial charge in [0.1, 0.15) is 4.21 Å². The Balaban J connectivity index is 1.76. The highest BCUT2D eigenvalue weighted by molar-refractivity contribution is 7.91. The largest absolute Gasteiger partial charge is 0.349 e. The number of hydrogen-bond acceptors (Lipinski definition) is 4. The van der Waals surface area contributed by atoms with Crippen molar-refractivity contribution in [2.75, 3.05) is 32.7 Å². The number of quaternary nitrogens is 1. The van der Waals surface area contributed by atoms with Gasteiger partial charge in [0.15, 0.2) is 6.54 Å². The molecule has 0 unspecified atom stereocenters. The van der Waals surface area contributed by atoms with E-state index in [0.29, 0.717) is 42.9 Å². The first-order valence-electron chi connectivity index (χ1n) is 8.95. The molecule has 6 nitrogen and oxygen atoms in total. The van der Waals surface area contributed by atoms with E-state index in [0.717, 1.165) is 17.7 Å². The summed E-state index contributed by atoms with van der Waals surface area (Å²) in [7, 11) is -3.37. The van der Waals surface area contributed by atoms with Crippen molar-refractivity contribution in [3.05, 3.63) is 17.5 Å². The fourth-order valence-corrected chi connectivity index (χ4v) is 5.55. The first-order valence-corrected chi connectivity index (χ1v) is 11.3. The quantitative estimate of drug-likeness (QED) is 0.684. The summed E-state index contributed by atoms with van der Waals surface area (Å²) in [5, 5.41) is 4.83. The first kappa shape index (κ1) is 20.4. The second kappa shape index (κ2) is 9.12. The third-order valence-corrected chi connectivity index (χ3v) is 7.79. The number of hydrogen-bond donors (Lipinski definition) is 2. The van der Waals surface area contributed by atoms with Gasteiger partial charge in [-0.05, 0) is 37.1 Å². The Morgan fingerprint density at radius 1 is 1.28 bits per heavy atom. The molecule has 2 rings (SSSR count). The van der Waals surface area contributed by atoms with Crippen molar-refractivity contribution in [2.24, 2.45) is 5.92 Å². The lowest BCUT2D eigenvalue weighted by atomic mass is 10.0. The van der Waals surface area contributed by atoms with Crippen LogP contribution in [0.15, 0.2) is 21.7 Å². The van der Waals surface area contributed by atoms with E-state index in [4.69, 9.17) is 0 Å². The fraction of sp³-hybridized carbons (Fsp3) is 0.706. The lowest BCUT2D eigenvalue weighted by Gasteiger charge is -2.31. The Morgan fingerprint density at radius 2 is 1.96 bits per heavy atom. The van der Waals surface area contributed by atoms with Crippen LogP contribution >= 0.6 is 11.3 Å². The Kier molecular flexibility index (Phi) is 7.42. The highest BCUT2D eigenvalue weighted by Crippen LogP contribution is 2.20. The standard InChI is InChI=1S/C17H29N3O3S2/c1-14(2)6-7-15(3)18-16(21)13-19-8-10-20(11-9-19)25(22,23)17-5-4-12-24-17/h4-5,12,14-15H,6-11,13H2,1-3H3,(H,18,21)/p+1/t15-/m0/s1. The van der Waals surface area contributed by atoms with Crippen LogP contribution in [-0.2, 0) is 14.8 Å². The van der Waals surface area contributed by atoms with Gasteiger partial charge in [-0.3, -0.25) is 4.79 Å². The number of nitrogens with zero attached hydrogens (tertiary/aromatic N) is 1. The Morgan fingerprint density at radius 3 is 2.52 bits per heavy atom. The van der Waals surface area contributed by atoms with E-state index in [9.17, 15) is 13.2 Å². The number of carbonyl (C=O) groups excluding carboxylic acids is 1. The normalized spacial score (nSPS) is 18.4. The zero-order valence-corrected chi connectivity index (χ0v) is 17.0. The van der Waals surface area contributed by atoms with Gasteiger partial charge in [0, 0.05) is 6.04 Å². The summed E-state index contributed by atoms with van der Waals surface area (Å²) in [5.74, 6) is 0.698. The van der Waals surface area contributed by atoms with Crippen LogP contribution in [0.4, 0.5) is 0 Å². The third-order valence-electron chi connectivity index (χ3n) is 4.51. The van der Waals surface area contributed by atoms with Gasteiger partial charge >= 0.3 is 0 Å². The molecule has 1 aliphatic rings. The van der Waals surface area contributed by atoms with Crippen molar-refractivity contribution in [1.82, 2.24) is 9.62 Å². The summed E-state index contributed by atoms with van der Waals surface area (Å²) < 4.78 is 26.9. The van der Waals surface area contributed by atoms with Crippen LogP contribution in [0.1, 0.15) is 33.6 Å². The number of amides is 1. The highest BCUT2D eigenvalue weighted by atomic mass is 32.2. The van der Waals surface area contributed by atoms with E-state index < -0.39 is 10.0 Å². The van der Waals surface area contributed by atoms with Crippen LogP contribution in [-0.4, -0.2) is 57.4 Å². The fourth-order valence-electron chi connectivity index (χ4n) is 2.97. The molecule has 25 heavy (non-hydrogen) atoms. The molecule has 0 radical (unpaired) electrons. The summed E-state index contributed by atoms with van der Waals surface area (Å²) in [4.78, 5) is 13.3. The van der Waals surface area contributed by atoms with Gasteiger partial charge in [0.25, 0.3) is 15.9 Å². The van der Waals surface area contributed by atoms with E-state index in [1.54, 1.807) is 17.5 Å². The molecular weight excluding hydrogens is 358 g/mol. The maximum Gasteiger partial charge on any atom is 0.275 e. The lowest BCUT2D eigenvalue weighted by Crippen LogP contribution is -3.15. The summed E-state index contributed by atoms with van der Waals surface area (Å²) in [6.45, 7) is 9.08. The number of piperazine rings is 1. The Bertz CT molecular complexity index is 636. The minimum absolute atomic E-state index is 0.0563. The van der Waals surface area contributed by atoms with E-state index in [-0.39, 0.29) is 11.9 Å². The minimum atomic E-state index is -3.37. The first-order chi connectivity index (χ1) is 11.8. The van der Waals surface area contributed by atoms with Crippen molar-refractivity contribution in [2.45, 2.75) is 43.9 Å². The maximum atomic E-state index is 12.5. The zero-order valence-electron chi connectivity index (χ0n) is 15.3. The molecule has 0 bridgehead atoms. The van der Waals surface area contributed by atoms with Crippen LogP contribution in [0.5, 0.6) is 0 Å². The Hall–Kier alpha value is -0.960. The number of nitrogens with one attached hydrogen (secondary N) is 2. The molecule has 1 aliphatic heterocycles. The predicted octanol–water partition coefficient (Wildman–Crippen LogP) is 0.578. The Labute approximate surface area is 155 Å². The SMILES string of the molecule is CC(C)CC[C@H](C)NC(=O)C[NH+]1CCN(S(=O)(=O)c2cccs2)CC1. The molecule has 1 atom stereocenters. The second-order valence-electron chi connectivity index (χ2n) is 7.20. The minimum Gasteiger partial charge on any atom is -0.349 e. The molecule has 0 saturated carbocycles. The van der Waals surface area contributed by atoms with Gasteiger partial charge in [0.05, 0.1) is 26.2 Å². The van der Waals surface area contributed by atoms with E-state index >= 15 is 0 Å². The molecule has 1 saturated heterocycles. The van der Waals surface area contributed by atoms with Gasteiger partial charge in [-0.2, -0.15) is 4.31 Å². The maximum absolute atomic E-state index is 12.5. The molecule has 2 heterocycles. The molecule has 0 spiro atoms. The zero-order chi connectivity index (χ0) is 18.4. The van der Waals surface area contributed by atoms with Crippen molar-refractivity contribution in [3.8, 4) is 0 Å². The molecule has 0 aliphatic carbocycles. The van der Waals surface area contributed by atoms with Crippen molar-refractivity contribution < 1.29 is 18.1 Å². The number of thiophene rings is 1. The van der Waals surface area contributed by atoms with Crippen molar-refractivity contribution >= 4 is 27.3 Å². The highest BCUT2D eigenvalue weighted by Gasteiger charge is 2.31. The van der Waals surface area contributed by atoms with Gasteiger partial charge in [-0.15, -0.1) is 11.3 Å². The number of rotatable bonds is 8. The molecule has 1 aromatic heterocycles. The van der Waals surface area contributed by atoms with Gasteiger partial charge in [-0.25, -0.2) is 8.42 Å². The van der Waals surface area contributed by atoms with E-state index in [2.05, 4.69) is 19.2 Å². The summed E-state index contributed by atoms with van der Waals surface area (Å²) in [6.07, 6.45) is 2.10. The van der Waals surface area contributed by atoms with Crippen molar-refractivity contribution in [1.29, 1.82) is 0 Å². The summed E-state index contributed by atoms with van der Waals surface area (Å²) in [5.41, 5.74) is 0. The smallest absolute Gasteiger partial charge is 0.275 e. The molecule has 1 amide bonds. The summed E-state index contributed by atoms with van der Waals surface area (Å²) >= 11 is 1.25. The number of carbonyl (C=O) groups is 1. The predicted molar refractivity (Wildman–Crippen MR) is 100 cm³/mol. The van der Waals surface area contributed by atoms with Crippen LogP contribution in [0, 0.1) is 5.92 Å². The van der Waals surface area contributed by atoms with Crippen LogP contribution in [0.25, 0.3) is 0 Å². The molecule has 142 valence electrons. The molecule has 1 fully saturated rings. The lowest BCUT2D eigenvalue weighted by molar-refractivity contribution is -0.895. The molecular formula is C17H30N3O3S2+. The van der Waals surface area contributed by atoms with Gasteiger partial charge < -0.3 is 10.2 Å². The molecule has 1 aromatic rings. The van der Waals surface area contributed by atoms with Crippen molar-refractivity contribution in [3.63, 3.8) is 0 Å². The van der Waals surface area contributed by atoms with Gasteiger partial charge in [0.2, 0.25) is 0 Å². The average Bonchev–Trinajstić information content (AvgIpc) is 3.08. The average molecular weight is 389 g/mol. The van der Waals surface area contributed by atoms with Crippen LogP contribution < -0.4 is 10.2 Å². The molecule has 8 heteroatoms. The third kappa shape index (κ3) is 6.06. The van der Waals surface area contributed by atoms with Crippen LogP contribution in [0.2, 0.25) is 0 Å². The molecule has 2 N–H and O–H groups in total. The van der Waals surface area contributed by atoms with Crippen LogP contribution in [0.3, 0.4) is 0 Å². The van der Waals surface area contributed by atoms with E-state index in [1.165, 1.54) is 15.6 Å². The van der Waals surface area contributed by atoms with Gasteiger partial charge in [-0.1, -0.05) is 19.9 Å². The topological polar surface area (TPSA) is 70.9 Å². The second-order valence-corrected chi connectivity index (χ2v) is 10.3. The number of sulfonamides is 1. The summed E-state index contributed by atoms with van der Waals surface area (Å²) in [6, 6.07) is 3.59. The monoisotopic (exact) mass is 388 g/mol.